The summed E-state index contributed by atoms with van der Waals surface area (Å²) in [5, 5.41) is 3.43. The number of hydrogen-bond donors (Lipinski definition) is 0. The molecule has 0 radical (unpaired) electrons. The molecule has 0 unspecified atom stereocenters. The Bertz CT molecular complexity index is 810. The van der Waals surface area contributed by atoms with Gasteiger partial charge < -0.3 is 9.47 Å². The number of ketones is 1. The number of allylic oxidation sites excluding steroid dienone is 2. The molecule has 1 aliphatic carbocycles. The summed E-state index contributed by atoms with van der Waals surface area (Å²) < 4.78 is 11.0. The van der Waals surface area contributed by atoms with Gasteiger partial charge in [-0.2, -0.15) is 0 Å². The van der Waals surface area contributed by atoms with Gasteiger partial charge in [0.15, 0.2) is 17.3 Å². The Morgan fingerprint density at radius 3 is 2.41 bits per heavy atom. The lowest BCUT2D eigenvalue weighted by Crippen LogP contribution is -2.49. The molecule has 6 nitrogen and oxygen atoms in total. The minimum atomic E-state index is -0.322. The van der Waals surface area contributed by atoms with Crippen LogP contribution in [0.3, 0.4) is 0 Å². The maximum atomic E-state index is 13.2. The summed E-state index contributed by atoms with van der Waals surface area (Å²) in [5.41, 5.74) is 2.19. The number of carbonyl (C=O) groups excluding carboxylic acids is 2. The second kappa shape index (κ2) is 7.00. The van der Waals surface area contributed by atoms with Gasteiger partial charge in [0, 0.05) is 49.7 Å². The van der Waals surface area contributed by atoms with Crippen LogP contribution in [0.2, 0.25) is 0 Å². The maximum absolute atomic E-state index is 13.2. The van der Waals surface area contributed by atoms with Crippen LogP contribution in [-0.2, 0) is 9.59 Å². The second-order valence-corrected chi connectivity index (χ2v) is 8.19. The molecule has 146 valence electrons. The van der Waals surface area contributed by atoms with Crippen molar-refractivity contribution in [1.29, 1.82) is 0 Å². The first kappa shape index (κ1) is 19.4. The molecule has 1 amide bonds. The number of para-hydroxylation sites is 1. The Morgan fingerprint density at radius 2 is 1.81 bits per heavy atom. The van der Waals surface area contributed by atoms with Gasteiger partial charge in [-0.25, -0.2) is 10.0 Å². The largest absolute Gasteiger partial charge is 0.493 e. The van der Waals surface area contributed by atoms with Crippen molar-refractivity contribution in [2.45, 2.75) is 39.0 Å². The van der Waals surface area contributed by atoms with Gasteiger partial charge in [0.2, 0.25) is 5.91 Å². The Kier molecular flexibility index (Phi) is 5.04. The van der Waals surface area contributed by atoms with Crippen molar-refractivity contribution in [3.8, 4) is 11.5 Å². The zero-order valence-corrected chi connectivity index (χ0v) is 17.0. The zero-order valence-electron chi connectivity index (χ0n) is 17.0. The van der Waals surface area contributed by atoms with Crippen LogP contribution in [0.25, 0.3) is 0 Å². The zero-order chi connectivity index (χ0) is 19.9. The predicted molar refractivity (Wildman–Crippen MR) is 102 cm³/mol. The van der Waals surface area contributed by atoms with Crippen molar-refractivity contribution in [2.24, 2.45) is 5.41 Å². The van der Waals surface area contributed by atoms with Crippen LogP contribution in [0.4, 0.5) is 0 Å². The van der Waals surface area contributed by atoms with E-state index in [1.54, 1.807) is 24.2 Å². The average molecular weight is 372 g/mol. The fraction of sp³-hybridized carbons (Fsp3) is 0.524. The van der Waals surface area contributed by atoms with Crippen LogP contribution in [0.15, 0.2) is 29.5 Å². The van der Waals surface area contributed by atoms with Gasteiger partial charge in [-0.1, -0.05) is 26.0 Å². The first-order chi connectivity index (χ1) is 12.7. The van der Waals surface area contributed by atoms with Crippen molar-refractivity contribution in [2.75, 3.05) is 28.3 Å². The van der Waals surface area contributed by atoms with Gasteiger partial charge in [0.05, 0.1) is 14.2 Å². The quantitative estimate of drug-likeness (QED) is 0.813. The number of benzene rings is 1. The Hall–Kier alpha value is -2.34. The van der Waals surface area contributed by atoms with E-state index in [2.05, 4.69) is 13.8 Å². The summed E-state index contributed by atoms with van der Waals surface area (Å²) in [6.07, 6.45) is 1.39. The summed E-state index contributed by atoms with van der Waals surface area (Å²) >= 11 is 0. The summed E-state index contributed by atoms with van der Waals surface area (Å²) in [5.74, 6) is 0.954. The third-order valence-electron chi connectivity index (χ3n) is 5.32. The SMILES string of the molecule is COc1cccc([C@H]2CC(=O)N(N(C)C)C3=C2C(=O)CC(C)(C)C3)c1OC. The predicted octanol–water partition coefficient (Wildman–Crippen LogP) is 3.14. The molecule has 6 heteroatoms. The van der Waals surface area contributed by atoms with Crippen LogP contribution >= 0.6 is 0 Å². The summed E-state index contributed by atoms with van der Waals surface area (Å²) in [7, 11) is 6.84. The molecule has 1 heterocycles. The summed E-state index contributed by atoms with van der Waals surface area (Å²) in [6, 6.07) is 5.61. The highest BCUT2D eigenvalue weighted by atomic mass is 16.5. The maximum Gasteiger partial charge on any atom is 0.242 e. The number of ether oxygens (including phenoxy) is 2. The van der Waals surface area contributed by atoms with Crippen LogP contribution in [0, 0.1) is 5.41 Å². The van der Waals surface area contributed by atoms with Crippen molar-refractivity contribution in [1.82, 2.24) is 10.0 Å². The number of hydrazine groups is 1. The van der Waals surface area contributed by atoms with E-state index in [4.69, 9.17) is 9.47 Å². The molecule has 0 saturated heterocycles. The monoisotopic (exact) mass is 372 g/mol. The van der Waals surface area contributed by atoms with Crippen LogP contribution in [0.1, 0.15) is 44.6 Å². The normalized spacial score (nSPS) is 22.2. The molecule has 2 aliphatic rings. The molecule has 1 aromatic rings. The molecule has 1 aromatic carbocycles. The van der Waals surface area contributed by atoms with E-state index in [0.717, 1.165) is 16.8 Å². The molecule has 0 bridgehead atoms. The lowest BCUT2D eigenvalue weighted by atomic mass is 9.69. The van der Waals surface area contributed by atoms with Gasteiger partial charge in [-0.05, 0) is 17.9 Å². The summed E-state index contributed by atoms with van der Waals surface area (Å²) in [6.45, 7) is 4.14. The molecular formula is C21H28N2O4. The highest BCUT2D eigenvalue weighted by molar-refractivity contribution is 6.02. The molecular weight excluding hydrogens is 344 g/mol. The van der Waals surface area contributed by atoms with E-state index >= 15 is 0 Å². The highest BCUT2D eigenvalue weighted by Gasteiger charge is 2.45. The van der Waals surface area contributed by atoms with E-state index in [9.17, 15) is 9.59 Å². The molecule has 1 atom stereocenters. The molecule has 27 heavy (non-hydrogen) atoms. The number of Topliss-reactive ketones (excluding diaryl/α,β-unsaturated/α-hetero) is 1. The second-order valence-electron chi connectivity index (χ2n) is 8.19. The average Bonchev–Trinajstić information content (AvgIpc) is 2.58. The van der Waals surface area contributed by atoms with Crippen LogP contribution in [0.5, 0.6) is 11.5 Å². The van der Waals surface area contributed by atoms with Crippen molar-refractivity contribution in [3.63, 3.8) is 0 Å². The summed E-state index contributed by atoms with van der Waals surface area (Å²) in [4.78, 5) is 26.2. The lowest BCUT2D eigenvalue weighted by Gasteiger charge is -2.44. The van der Waals surface area contributed by atoms with Crippen LogP contribution < -0.4 is 9.47 Å². The van der Waals surface area contributed by atoms with Gasteiger partial charge in [0.1, 0.15) is 0 Å². The van der Waals surface area contributed by atoms with E-state index in [1.165, 1.54) is 0 Å². The van der Waals surface area contributed by atoms with Gasteiger partial charge >= 0.3 is 0 Å². The molecule has 3 rings (SSSR count). The Morgan fingerprint density at radius 1 is 1.11 bits per heavy atom. The van der Waals surface area contributed by atoms with E-state index in [0.29, 0.717) is 24.3 Å². The standard InChI is InChI=1S/C21H28N2O4/c1-21(2)11-15-19(16(24)12-21)14(10-18(25)23(15)22(3)4)13-8-7-9-17(26-5)20(13)27-6/h7-9,14H,10-12H2,1-6H3/t14-/m1/s1. The minimum Gasteiger partial charge on any atom is -0.493 e. The van der Waals surface area contributed by atoms with E-state index in [-0.39, 0.29) is 29.4 Å². The number of methoxy groups -OCH3 is 2. The molecule has 0 spiro atoms. The third kappa shape index (κ3) is 3.34. The fourth-order valence-corrected chi connectivity index (χ4v) is 4.32. The molecule has 0 saturated carbocycles. The number of hydrogen-bond acceptors (Lipinski definition) is 5. The first-order valence-corrected chi connectivity index (χ1v) is 9.17. The molecule has 1 aliphatic heterocycles. The Balaban J connectivity index is 2.22. The number of nitrogens with zero attached hydrogens (tertiary/aromatic N) is 2. The Labute approximate surface area is 160 Å². The first-order valence-electron chi connectivity index (χ1n) is 9.17. The van der Waals surface area contributed by atoms with Crippen molar-refractivity contribution in [3.05, 3.63) is 35.0 Å². The fourth-order valence-electron chi connectivity index (χ4n) is 4.32. The minimum absolute atomic E-state index is 0.0147. The topological polar surface area (TPSA) is 59.1 Å². The van der Waals surface area contributed by atoms with Gasteiger partial charge in [-0.3, -0.25) is 9.59 Å². The molecule has 0 fully saturated rings. The smallest absolute Gasteiger partial charge is 0.242 e. The van der Waals surface area contributed by atoms with Crippen LogP contribution in [-0.4, -0.2) is 50.0 Å². The molecule has 0 aromatic heterocycles. The van der Waals surface area contributed by atoms with E-state index < -0.39 is 0 Å². The van der Waals surface area contributed by atoms with Crippen molar-refractivity contribution >= 4 is 11.7 Å². The van der Waals surface area contributed by atoms with Gasteiger partial charge in [-0.15, -0.1) is 0 Å². The number of carbonyl (C=O) groups is 2. The van der Waals surface area contributed by atoms with E-state index in [1.807, 2.05) is 32.3 Å². The third-order valence-corrected chi connectivity index (χ3v) is 5.32. The number of rotatable bonds is 4. The highest BCUT2D eigenvalue weighted by Crippen LogP contribution is 2.49. The van der Waals surface area contributed by atoms with Crippen molar-refractivity contribution < 1.29 is 19.1 Å². The lowest BCUT2D eigenvalue weighted by molar-refractivity contribution is -0.143. The van der Waals surface area contributed by atoms with Gasteiger partial charge in [0.25, 0.3) is 0 Å². The molecule has 0 N–H and O–H groups in total. The number of amides is 1.